The number of aromatic amines is 1. The second-order valence-corrected chi connectivity index (χ2v) is 16.8. The molecule has 44 heavy (non-hydrogen) atoms. The van der Waals surface area contributed by atoms with Crippen molar-refractivity contribution in [3.8, 4) is 0 Å². The van der Waals surface area contributed by atoms with Crippen LogP contribution in [0.3, 0.4) is 0 Å². The van der Waals surface area contributed by atoms with E-state index in [-0.39, 0.29) is 40.7 Å². The fraction of sp³-hybridized carbons (Fsp3) is 0.500. The summed E-state index contributed by atoms with van der Waals surface area (Å²) in [6.07, 6.45) is -4.12. The van der Waals surface area contributed by atoms with Gasteiger partial charge in [0.25, 0.3) is 12.1 Å². The minimum atomic E-state index is -4.19. The van der Waals surface area contributed by atoms with E-state index in [1.165, 1.54) is 28.1 Å². The van der Waals surface area contributed by atoms with E-state index in [9.17, 15) is 24.1 Å². The maximum Gasteiger partial charge on any atom is 0.280 e. The lowest BCUT2D eigenvalue weighted by Crippen LogP contribution is -2.35. The molecule has 0 spiro atoms. The quantitative estimate of drug-likeness (QED) is 0.0923. The predicted octanol–water partition coefficient (Wildman–Crippen LogP) is 0.539. The van der Waals surface area contributed by atoms with Crippen LogP contribution in [-0.4, -0.2) is 97.9 Å². The molecule has 2 fully saturated rings. The van der Waals surface area contributed by atoms with Gasteiger partial charge in [-0.3, -0.25) is 23.5 Å². The number of aliphatic hydroxyl groups excluding tert-OH is 2. The number of thiol groups is 2. The monoisotopic (exact) mass is 710 g/mol. The molecule has 0 saturated carbocycles. The summed E-state index contributed by atoms with van der Waals surface area (Å²) in [6.45, 7) is -5.02. The van der Waals surface area contributed by atoms with Gasteiger partial charge in [0.05, 0.1) is 42.6 Å². The number of ether oxygens (including phenoxy) is 1. The molecule has 7 N–H and O–H groups in total. The van der Waals surface area contributed by atoms with Gasteiger partial charge < -0.3 is 40.0 Å². The number of alkyl halides is 1. The van der Waals surface area contributed by atoms with Crippen molar-refractivity contribution in [3.63, 3.8) is 0 Å². The summed E-state index contributed by atoms with van der Waals surface area (Å²) in [5, 5.41) is 20.2. The number of nitrogens with two attached hydrogens (primary N) is 2. The Balaban J connectivity index is 1.26. The third-order valence-electron chi connectivity index (χ3n) is 7.19. The number of imidazole rings is 2. The van der Waals surface area contributed by atoms with E-state index in [4.69, 9.17) is 25.3 Å². The smallest absolute Gasteiger partial charge is 0.280 e. The highest BCUT2D eigenvalue weighted by Gasteiger charge is 2.54. The van der Waals surface area contributed by atoms with Crippen LogP contribution in [0.5, 0.6) is 0 Å². The lowest BCUT2D eigenvalue weighted by Gasteiger charge is -2.28. The second-order valence-electron chi connectivity index (χ2n) is 9.84. The number of thioether (sulfide) groups is 1. The molecule has 24 heteroatoms. The number of rotatable bonds is 9. The highest BCUT2D eigenvalue weighted by molar-refractivity contribution is 8.46. The van der Waals surface area contributed by atoms with E-state index in [1.807, 2.05) is 0 Å². The van der Waals surface area contributed by atoms with Crippen molar-refractivity contribution in [1.29, 1.82) is 0 Å². The van der Waals surface area contributed by atoms with Gasteiger partial charge in [0.15, 0.2) is 35.0 Å². The molecule has 4 aromatic heterocycles. The van der Waals surface area contributed by atoms with E-state index >= 15 is 4.39 Å². The van der Waals surface area contributed by atoms with E-state index in [1.54, 1.807) is 0 Å². The Hall–Kier alpha value is -2.26. The number of anilines is 2. The zero-order valence-corrected chi connectivity index (χ0v) is 26.5. The summed E-state index contributed by atoms with van der Waals surface area (Å²) in [4.78, 5) is 34.9. The standard InChI is InChI=1S/C20H25FN10O8P2S3/c21-8-11(32)6(39-18(8)30-4-26-9-14(22)24-3-25-15(9)30)1-38-41(36,43)13-12(33)7(2-37-40(35)42)44-19(13)31-5-27-10-16(31)28-20(23)29-17(10)34/h3-8,11-13,18-19,32-33,40H,1-2H2,(H,35,42)(H,36,43)(H2,22,24,25)(H3,23,28,29,34)/t6-,7-,8+,11-,12-,13-,18-,19-,41?/m1/s1. The Morgan fingerprint density at radius 3 is 2.61 bits per heavy atom. The molecule has 6 heterocycles. The van der Waals surface area contributed by atoms with E-state index in [0.29, 0.717) is 0 Å². The summed E-state index contributed by atoms with van der Waals surface area (Å²) in [7, 11) is -2.68. The van der Waals surface area contributed by atoms with Gasteiger partial charge in [-0.25, -0.2) is 24.3 Å². The van der Waals surface area contributed by atoms with Crippen LogP contribution in [0.4, 0.5) is 16.2 Å². The molecular weight excluding hydrogens is 685 g/mol. The molecular formula is C20H25FN10O8P2S3. The summed E-state index contributed by atoms with van der Waals surface area (Å²) in [5.74, 6) is -0.134. The van der Waals surface area contributed by atoms with Crippen LogP contribution in [0, 0.1) is 0 Å². The minimum absolute atomic E-state index is 0.0355. The molecule has 0 radical (unpaired) electrons. The van der Waals surface area contributed by atoms with Gasteiger partial charge in [-0.1, -0.05) is 24.5 Å². The molecule has 0 bridgehead atoms. The topological polar surface area (TPSA) is 262 Å². The number of hydrogen-bond donors (Lipinski definition) is 7. The molecule has 2 saturated heterocycles. The molecule has 0 aliphatic carbocycles. The van der Waals surface area contributed by atoms with Crippen molar-refractivity contribution in [1.82, 2.24) is 39.0 Å². The first kappa shape index (κ1) is 31.7. The van der Waals surface area contributed by atoms with Crippen LogP contribution in [0.1, 0.15) is 11.6 Å². The van der Waals surface area contributed by atoms with E-state index in [2.05, 4.69) is 54.4 Å². The summed E-state index contributed by atoms with van der Waals surface area (Å²) in [5.41, 5.74) is 9.98. The molecule has 0 amide bonds. The SMILES string of the molecule is Nc1nc2c(ncn2[C@@H]2S[C@H](CO[PH](=O)S)[C@@H](O)[C@H]2P(=O)(S)OC[C@H]2O[C@@H](n3cnc4c(N)ncnc43)[C@@H](F)[C@@H]2O)c(=O)[nH]1. The molecule has 10 atom stereocenters. The van der Waals surface area contributed by atoms with Gasteiger partial charge in [0, 0.05) is 0 Å². The summed E-state index contributed by atoms with van der Waals surface area (Å²) < 4.78 is 60.1. The largest absolute Gasteiger partial charge is 0.391 e. The van der Waals surface area contributed by atoms with Crippen LogP contribution in [0.2, 0.25) is 0 Å². The number of halogens is 1. The number of H-pyrrole nitrogens is 1. The first-order valence-corrected chi connectivity index (χ1v) is 19.1. The Labute approximate surface area is 261 Å². The number of nitrogen functional groups attached to an aromatic ring is 2. The van der Waals surface area contributed by atoms with Gasteiger partial charge in [0.1, 0.15) is 29.7 Å². The number of aliphatic hydroxyl groups is 2. The van der Waals surface area contributed by atoms with Gasteiger partial charge in [-0.2, -0.15) is 4.98 Å². The van der Waals surface area contributed by atoms with Crippen LogP contribution in [-0.2, 0) is 22.9 Å². The highest BCUT2D eigenvalue weighted by Crippen LogP contribution is 2.67. The zero-order chi connectivity index (χ0) is 31.5. The Kier molecular flexibility index (Phi) is 8.76. The Morgan fingerprint density at radius 2 is 1.86 bits per heavy atom. The molecule has 2 unspecified atom stereocenters. The number of fused-ring (bicyclic) bond motifs is 2. The fourth-order valence-electron chi connectivity index (χ4n) is 5.12. The normalized spacial score (nSPS) is 31.1. The van der Waals surface area contributed by atoms with Crippen LogP contribution >= 0.6 is 50.1 Å². The highest BCUT2D eigenvalue weighted by atomic mass is 32.7. The zero-order valence-electron chi connectivity index (χ0n) is 22.0. The maximum atomic E-state index is 15.3. The second kappa shape index (κ2) is 12.2. The number of nitrogens with one attached hydrogen (secondary N) is 1. The molecule has 0 aromatic carbocycles. The fourth-order valence-corrected chi connectivity index (χ4v) is 10.9. The minimum Gasteiger partial charge on any atom is -0.391 e. The van der Waals surface area contributed by atoms with Gasteiger partial charge in [-0.15, -0.1) is 11.8 Å². The van der Waals surface area contributed by atoms with Crippen molar-refractivity contribution in [2.24, 2.45) is 0 Å². The molecule has 238 valence electrons. The van der Waals surface area contributed by atoms with E-state index < -0.39 is 73.0 Å². The van der Waals surface area contributed by atoms with Crippen molar-refractivity contribution >= 4 is 84.2 Å². The number of nitrogens with zero attached hydrogens (tertiary/aromatic N) is 7. The Bertz CT molecular complexity index is 1850. The Morgan fingerprint density at radius 1 is 1.14 bits per heavy atom. The lowest BCUT2D eigenvalue weighted by atomic mass is 10.1. The van der Waals surface area contributed by atoms with Crippen molar-refractivity contribution in [2.75, 3.05) is 24.7 Å². The average Bonchev–Trinajstić information content (AvgIpc) is 3.72. The number of hydrogen-bond acceptors (Lipinski definition) is 16. The van der Waals surface area contributed by atoms with Gasteiger partial charge >= 0.3 is 0 Å². The first-order chi connectivity index (χ1) is 20.9. The number of aromatic nitrogens is 8. The molecule has 2 aliphatic heterocycles. The first-order valence-electron chi connectivity index (χ1n) is 12.7. The van der Waals surface area contributed by atoms with Crippen molar-refractivity contribution < 1.29 is 37.5 Å². The van der Waals surface area contributed by atoms with Gasteiger partial charge in [0.2, 0.25) is 13.2 Å². The molecule has 4 aromatic rings. The van der Waals surface area contributed by atoms with E-state index in [0.717, 1.165) is 11.8 Å². The predicted molar refractivity (Wildman–Crippen MR) is 164 cm³/mol. The maximum absolute atomic E-state index is 15.3. The molecule has 2 aliphatic rings. The third kappa shape index (κ3) is 5.65. The van der Waals surface area contributed by atoms with Crippen LogP contribution < -0.4 is 17.0 Å². The summed E-state index contributed by atoms with van der Waals surface area (Å²) >= 11 is 9.13. The lowest BCUT2D eigenvalue weighted by molar-refractivity contribution is -0.0408. The van der Waals surface area contributed by atoms with Gasteiger partial charge in [-0.05, 0) is 0 Å². The van der Waals surface area contributed by atoms with Crippen LogP contribution in [0.25, 0.3) is 22.3 Å². The van der Waals surface area contributed by atoms with Crippen molar-refractivity contribution in [3.05, 3.63) is 29.3 Å². The average molecular weight is 711 g/mol. The third-order valence-corrected chi connectivity index (χ3v) is 12.8. The van der Waals surface area contributed by atoms with Crippen molar-refractivity contribution in [2.45, 2.75) is 47.0 Å². The summed E-state index contributed by atoms with van der Waals surface area (Å²) in [6, 6.07) is 0. The van der Waals surface area contributed by atoms with Crippen LogP contribution in [0.15, 0.2) is 23.8 Å². The molecule has 6 rings (SSSR count). The molecule has 18 nitrogen and oxygen atoms in total.